The molecule has 0 aromatic carbocycles. The number of hydrogen-bond acceptors (Lipinski definition) is 4. The van der Waals surface area contributed by atoms with Crippen LogP contribution < -0.4 is 5.73 Å². The van der Waals surface area contributed by atoms with Crippen molar-refractivity contribution < 1.29 is 32.9 Å². The van der Waals surface area contributed by atoms with Crippen LogP contribution in [0.5, 0.6) is 0 Å². The van der Waals surface area contributed by atoms with Crippen molar-refractivity contribution in [1.82, 2.24) is 0 Å². The molecular weight excluding hydrogens is 291 g/mol. The Balaban J connectivity index is 3.19. The summed E-state index contributed by atoms with van der Waals surface area (Å²) in [6.45, 7) is 4.51. The zero-order valence-corrected chi connectivity index (χ0v) is 12.1. The Morgan fingerprint density at radius 2 is 1.90 bits per heavy atom. The van der Waals surface area contributed by atoms with Crippen LogP contribution in [-0.2, 0) is 9.53 Å². The van der Waals surface area contributed by atoms with Crippen LogP contribution in [-0.4, -0.2) is 40.3 Å². The Morgan fingerprint density at radius 3 is 2.24 bits per heavy atom. The van der Waals surface area contributed by atoms with Crippen molar-refractivity contribution in [3.8, 4) is 0 Å². The molecule has 0 spiro atoms. The lowest BCUT2D eigenvalue weighted by Crippen LogP contribution is -2.36. The average molecular weight is 311 g/mol. The van der Waals surface area contributed by atoms with Crippen LogP contribution in [0.25, 0.3) is 0 Å². The van der Waals surface area contributed by atoms with Crippen molar-refractivity contribution in [1.29, 1.82) is 0 Å². The van der Waals surface area contributed by atoms with Gasteiger partial charge >= 0.3 is 12.1 Å². The molecule has 3 atom stereocenters. The molecule has 0 aromatic heterocycles. The van der Waals surface area contributed by atoms with Gasteiger partial charge in [0.25, 0.3) is 0 Å². The number of carbonyl (C=O) groups is 1. The van der Waals surface area contributed by atoms with Gasteiger partial charge in [0.2, 0.25) is 0 Å². The van der Waals surface area contributed by atoms with E-state index in [4.69, 9.17) is 15.6 Å². The van der Waals surface area contributed by atoms with Crippen LogP contribution in [0.2, 0.25) is 0 Å². The first-order valence-electron chi connectivity index (χ1n) is 6.47. The van der Waals surface area contributed by atoms with Crippen molar-refractivity contribution in [3.63, 3.8) is 0 Å². The third kappa shape index (κ3) is 4.69. The molecule has 1 fully saturated rings. The summed E-state index contributed by atoms with van der Waals surface area (Å²) in [5.74, 6) is -2.18. The van der Waals surface area contributed by atoms with E-state index in [0.717, 1.165) is 0 Å². The van der Waals surface area contributed by atoms with E-state index in [0.29, 0.717) is 0 Å². The van der Waals surface area contributed by atoms with Crippen molar-refractivity contribution >= 4 is 5.97 Å². The number of hydrogen-bond donors (Lipinski definition) is 3. The Morgan fingerprint density at radius 1 is 1.38 bits per heavy atom. The molecule has 0 saturated heterocycles. The van der Waals surface area contributed by atoms with Crippen LogP contribution in [0.4, 0.5) is 13.2 Å². The Hall–Kier alpha value is -1.12. The van der Waals surface area contributed by atoms with E-state index in [1.54, 1.807) is 0 Å². The molecule has 0 heterocycles. The van der Waals surface area contributed by atoms with E-state index in [9.17, 15) is 23.1 Å². The van der Waals surface area contributed by atoms with Crippen molar-refractivity contribution in [2.45, 2.75) is 57.7 Å². The fraction of sp³-hybridized carbons (Fsp3) is 0.769. The number of aliphatic carboxylic acids is 1. The summed E-state index contributed by atoms with van der Waals surface area (Å²) in [5, 5.41) is 18.7. The van der Waals surface area contributed by atoms with Gasteiger partial charge in [0.1, 0.15) is 0 Å². The first kappa shape index (κ1) is 17.9. The SMILES string of the molecule is CC(C)(C)OC(O)/C(=C1\C[C@H](C(=O)O)C[C@@H]1N)C(F)(F)F. The minimum Gasteiger partial charge on any atom is -0.481 e. The molecule has 122 valence electrons. The number of nitrogens with two attached hydrogens (primary N) is 1. The van der Waals surface area contributed by atoms with Crippen LogP contribution in [0.15, 0.2) is 11.1 Å². The minimum atomic E-state index is -4.84. The first-order valence-corrected chi connectivity index (χ1v) is 6.47. The second-order valence-electron chi connectivity index (χ2n) is 6.10. The molecule has 1 saturated carbocycles. The molecule has 1 aliphatic carbocycles. The summed E-state index contributed by atoms with van der Waals surface area (Å²) in [7, 11) is 0. The highest BCUT2D eigenvalue weighted by atomic mass is 19.4. The summed E-state index contributed by atoms with van der Waals surface area (Å²) in [6.07, 6.45) is -7.47. The van der Waals surface area contributed by atoms with E-state index in [2.05, 4.69) is 0 Å². The van der Waals surface area contributed by atoms with Gasteiger partial charge in [0.05, 0.1) is 17.1 Å². The number of rotatable bonds is 3. The largest absolute Gasteiger partial charge is 0.481 e. The van der Waals surface area contributed by atoms with E-state index >= 15 is 0 Å². The lowest BCUT2D eigenvalue weighted by atomic mass is 10.0. The quantitative estimate of drug-likeness (QED) is 0.546. The van der Waals surface area contributed by atoms with Gasteiger partial charge in [0, 0.05) is 6.04 Å². The van der Waals surface area contributed by atoms with Crippen LogP contribution in [0.3, 0.4) is 0 Å². The van der Waals surface area contributed by atoms with Gasteiger partial charge in [0.15, 0.2) is 6.29 Å². The molecule has 0 bridgehead atoms. The van der Waals surface area contributed by atoms with Gasteiger partial charge in [-0.15, -0.1) is 0 Å². The molecule has 1 aliphatic rings. The highest BCUT2D eigenvalue weighted by molar-refractivity contribution is 5.71. The Labute approximate surface area is 120 Å². The minimum absolute atomic E-state index is 0.0908. The fourth-order valence-electron chi connectivity index (χ4n) is 2.32. The maximum Gasteiger partial charge on any atom is 0.417 e. The van der Waals surface area contributed by atoms with E-state index in [1.165, 1.54) is 20.8 Å². The maximum atomic E-state index is 13.2. The molecule has 0 aromatic rings. The zero-order chi connectivity index (χ0) is 16.6. The topological polar surface area (TPSA) is 92.8 Å². The lowest BCUT2D eigenvalue weighted by molar-refractivity contribution is -0.185. The first-order chi connectivity index (χ1) is 9.33. The number of alkyl halides is 3. The zero-order valence-electron chi connectivity index (χ0n) is 12.1. The highest BCUT2D eigenvalue weighted by Gasteiger charge is 2.46. The van der Waals surface area contributed by atoms with E-state index < -0.39 is 41.6 Å². The monoisotopic (exact) mass is 311 g/mol. The van der Waals surface area contributed by atoms with Gasteiger partial charge < -0.3 is 20.7 Å². The molecule has 1 unspecified atom stereocenters. The third-order valence-electron chi connectivity index (χ3n) is 3.17. The van der Waals surface area contributed by atoms with Crippen molar-refractivity contribution in [3.05, 3.63) is 11.1 Å². The summed E-state index contributed by atoms with van der Waals surface area (Å²) >= 11 is 0. The van der Waals surface area contributed by atoms with Gasteiger partial charge in [-0.1, -0.05) is 0 Å². The summed E-state index contributed by atoms with van der Waals surface area (Å²) in [4.78, 5) is 10.9. The fourth-order valence-corrected chi connectivity index (χ4v) is 2.32. The molecule has 4 N–H and O–H groups in total. The van der Waals surface area contributed by atoms with Gasteiger partial charge in [-0.05, 0) is 39.2 Å². The molecule has 8 heteroatoms. The predicted octanol–water partition coefficient (Wildman–Crippen LogP) is 1.80. The lowest BCUT2D eigenvalue weighted by Gasteiger charge is -2.28. The second-order valence-corrected chi connectivity index (χ2v) is 6.10. The van der Waals surface area contributed by atoms with Crippen molar-refractivity contribution in [2.24, 2.45) is 11.7 Å². The van der Waals surface area contributed by atoms with Gasteiger partial charge in [-0.25, -0.2) is 0 Å². The number of carboxylic acids is 1. The predicted molar refractivity (Wildman–Crippen MR) is 68.3 cm³/mol. The summed E-state index contributed by atoms with van der Waals surface area (Å²) < 4.78 is 44.6. The van der Waals surface area contributed by atoms with Crippen LogP contribution in [0, 0.1) is 5.92 Å². The van der Waals surface area contributed by atoms with Crippen molar-refractivity contribution in [2.75, 3.05) is 0 Å². The highest BCUT2D eigenvalue weighted by Crippen LogP contribution is 2.40. The maximum absolute atomic E-state index is 13.2. The second kappa shape index (κ2) is 5.94. The van der Waals surface area contributed by atoms with Crippen LogP contribution in [0.1, 0.15) is 33.6 Å². The summed E-state index contributed by atoms with van der Waals surface area (Å²) in [6, 6.07) is -1.05. The Bertz CT molecular complexity index is 440. The average Bonchev–Trinajstić information content (AvgIpc) is 2.56. The molecule has 0 amide bonds. The van der Waals surface area contributed by atoms with E-state index in [1.807, 2.05) is 0 Å². The standard InChI is InChI=1S/C13H20F3NO4/c1-12(2,3)21-11(20)9(13(14,15)16)7-4-6(10(18)19)5-8(7)17/h6,8,11,20H,4-5,17H2,1-3H3,(H,18,19)/b9-7-/t6-,8-,11?/m0/s1. The molecule has 0 radical (unpaired) electrons. The number of aliphatic hydroxyl groups is 1. The molecule has 1 rings (SSSR count). The number of carboxylic acid groups (broad SMARTS) is 1. The van der Waals surface area contributed by atoms with Gasteiger partial charge in [-0.2, -0.15) is 13.2 Å². The number of aliphatic hydroxyl groups excluding tert-OH is 1. The molecule has 5 nitrogen and oxygen atoms in total. The van der Waals surface area contributed by atoms with Gasteiger partial charge in [-0.3, -0.25) is 4.79 Å². The smallest absolute Gasteiger partial charge is 0.417 e. The Kier molecular flexibility index (Phi) is 5.07. The summed E-state index contributed by atoms with van der Waals surface area (Å²) in [5.41, 5.74) is 3.04. The molecule has 0 aliphatic heterocycles. The molecular formula is C13H20F3NO4. The number of halogens is 3. The van der Waals surface area contributed by atoms with E-state index in [-0.39, 0.29) is 18.4 Å². The normalized spacial score (nSPS) is 27.6. The number of ether oxygens (including phenoxy) is 1. The van der Waals surface area contributed by atoms with Crippen LogP contribution >= 0.6 is 0 Å². The third-order valence-corrected chi connectivity index (χ3v) is 3.17. The molecule has 21 heavy (non-hydrogen) atoms.